The lowest BCUT2D eigenvalue weighted by atomic mass is 9.91. The highest BCUT2D eigenvalue weighted by Crippen LogP contribution is 2.39. The molecule has 0 saturated carbocycles. The first kappa shape index (κ1) is 20.3. The minimum Gasteiger partial charge on any atom is -0.453 e. The number of phosphoric acid groups is 1. The Hall–Kier alpha value is -0.680. The van der Waals surface area contributed by atoms with E-state index in [2.05, 4.69) is 11.1 Å². The number of hydrogen-bond acceptors (Lipinski definition) is 4. The van der Waals surface area contributed by atoms with Gasteiger partial charge in [-0.1, -0.05) is 33.3 Å². The van der Waals surface area contributed by atoms with Gasteiger partial charge in [-0.05, 0) is 32.6 Å². The molecule has 0 aliphatic heterocycles. The highest BCUT2D eigenvalue weighted by Gasteiger charge is 2.36. The standard InChI is InChI=1S/C14H27O6P/c1-5-7-9-14(10-8-6-2,11-19-21(16,17)18)20-13(15)12(3)4/h3,5-11H2,1-2,4H3,(H2,16,17,18). The first-order chi connectivity index (χ1) is 9.66. The van der Waals surface area contributed by atoms with Gasteiger partial charge in [0.05, 0.1) is 6.61 Å². The average Bonchev–Trinajstić information content (AvgIpc) is 2.39. The van der Waals surface area contributed by atoms with Crippen LogP contribution in [0.4, 0.5) is 0 Å². The van der Waals surface area contributed by atoms with E-state index in [4.69, 9.17) is 14.5 Å². The zero-order valence-corrected chi connectivity index (χ0v) is 14.0. The lowest BCUT2D eigenvalue weighted by molar-refractivity contribution is -0.161. The molecule has 124 valence electrons. The van der Waals surface area contributed by atoms with Crippen LogP contribution < -0.4 is 0 Å². The van der Waals surface area contributed by atoms with Crippen LogP contribution in [0.15, 0.2) is 12.2 Å². The summed E-state index contributed by atoms with van der Waals surface area (Å²) < 4.78 is 21.1. The van der Waals surface area contributed by atoms with Gasteiger partial charge in [-0.25, -0.2) is 9.36 Å². The Kier molecular flexibility index (Phi) is 9.06. The smallest absolute Gasteiger partial charge is 0.453 e. The third kappa shape index (κ3) is 9.04. The molecule has 0 radical (unpaired) electrons. The van der Waals surface area contributed by atoms with Crippen LogP contribution in [0.2, 0.25) is 0 Å². The Balaban J connectivity index is 5.13. The fourth-order valence-electron chi connectivity index (χ4n) is 1.88. The van der Waals surface area contributed by atoms with Crippen molar-refractivity contribution in [1.82, 2.24) is 0 Å². The Morgan fingerprint density at radius 1 is 1.19 bits per heavy atom. The van der Waals surface area contributed by atoms with Gasteiger partial charge in [0, 0.05) is 5.57 Å². The van der Waals surface area contributed by atoms with Gasteiger partial charge in [0.2, 0.25) is 0 Å². The number of carbonyl (C=O) groups excluding carboxylic acids is 1. The largest absolute Gasteiger partial charge is 0.469 e. The molecule has 0 heterocycles. The van der Waals surface area contributed by atoms with E-state index in [9.17, 15) is 9.36 Å². The maximum absolute atomic E-state index is 11.8. The minimum atomic E-state index is -4.61. The molecule has 21 heavy (non-hydrogen) atoms. The van der Waals surface area contributed by atoms with Crippen molar-refractivity contribution in [2.45, 2.75) is 64.9 Å². The van der Waals surface area contributed by atoms with Crippen LogP contribution in [0, 0.1) is 0 Å². The zero-order chi connectivity index (χ0) is 16.5. The highest BCUT2D eigenvalue weighted by molar-refractivity contribution is 7.46. The van der Waals surface area contributed by atoms with Gasteiger partial charge in [0.25, 0.3) is 0 Å². The summed E-state index contributed by atoms with van der Waals surface area (Å²) in [4.78, 5) is 29.6. The van der Waals surface area contributed by atoms with Crippen molar-refractivity contribution in [1.29, 1.82) is 0 Å². The van der Waals surface area contributed by atoms with Gasteiger partial charge in [0.1, 0.15) is 5.60 Å². The van der Waals surface area contributed by atoms with Crippen molar-refractivity contribution >= 4 is 13.8 Å². The van der Waals surface area contributed by atoms with Crippen LogP contribution in [-0.4, -0.2) is 28.0 Å². The molecule has 0 aromatic heterocycles. The second-order valence-corrected chi connectivity index (χ2v) is 6.56. The number of phosphoric ester groups is 1. The number of ether oxygens (including phenoxy) is 1. The monoisotopic (exact) mass is 322 g/mol. The van der Waals surface area contributed by atoms with Crippen LogP contribution in [-0.2, 0) is 18.6 Å². The molecule has 0 amide bonds. The second kappa shape index (κ2) is 9.36. The topological polar surface area (TPSA) is 93.1 Å². The van der Waals surface area contributed by atoms with Crippen LogP contribution in [0.25, 0.3) is 0 Å². The number of carbonyl (C=O) groups is 1. The lowest BCUT2D eigenvalue weighted by Crippen LogP contribution is -2.40. The Morgan fingerprint density at radius 2 is 1.67 bits per heavy atom. The molecule has 0 fully saturated rings. The maximum atomic E-state index is 11.8. The van der Waals surface area contributed by atoms with Crippen molar-refractivity contribution in [2.75, 3.05) is 6.61 Å². The van der Waals surface area contributed by atoms with Crippen LogP contribution in [0.3, 0.4) is 0 Å². The third-order valence-electron chi connectivity index (χ3n) is 3.13. The van der Waals surface area contributed by atoms with E-state index in [1.54, 1.807) is 0 Å². The van der Waals surface area contributed by atoms with Gasteiger partial charge in [0.15, 0.2) is 0 Å². The quantitative estimate of drug-likeness (QED) is 0.344. The van der Waals surface area contributed by atoms with E-state index < -0.39 is 19.4 Å². The first-order valence-corrected chi connectivity index (χ1v) is 8.77. The van der Waals surface area contributed by atoms with E-state index in [1.807, 2.05) is 13.8 Å². The highest BCUT2D eigenvalue weighted by atomic mass is 31.2. The molecule has 0 aliphatic rings. The molecular weight excluding hydrogens is 295 g/mol. The Morgan fingerprint density at radius 3 is 2.00 bits per heavy atom. The number of unbranched alkanes of at least 4 members (excludes halogenated alkanes) is 2. The molecule has 2 N–H and O–H groups in total. The SMILES string of the molecule is C=C(C)C(=O)OC(CCCC)(CCCC)COP(=O)(O)O. The summed E-state index contributed by atoms with van der Waals surface area (Å²) in [6.07, 6.45) is 4.32. The number of esters is 1. The van der Waals surface area contributed by atoms with E-state index in [-0.39, 0.29) is 12.2 Å². The average molecular weight is 322 g/mol. The molecule has 0 aromatic rings. The summed E-state index contributed by atoms with van der Waals surface area (Å²) >= 11 is 0. The van der Waals surface area contributed by atoms with Gasteiger partial charge in [-0.2, -0.15) is 0 Å². The molecule has 7 heteroatoms. The zero-order valence-electron chi connectivity index (χ0n) is 13.1. The molecule has 0 bridgehead atoms. The second-order valence-electron chi connectivity index (χ2n) is 5.32. The number of hydrogen-bond donors (Lipinski definition) is 2. The first-order valence-electron chi connectivity index (χ1n) is 7.24. The maximum Gasteiger partial charge on any atom is 0.469 e. The van der Waals surface area contributed by atoms with E-state index in [0.29, 0.717) is 12.8 Å². The summed E-state index contributed by atoms with van der Waals surface area (Å²) in [6, 6.07) is 0. The Labute approximate surface area is 126 Å². The predicted molar refractivity (Wildman–Crippen MR) is 80.7 cm³/mol. The van der Waals surface area contributed by atoms with Crippen molar-refractivity contribution in [3.63, 3.8) is 0 Å². The van der Waals surface area contributed by atoms with Crippen molar-refractivity contribution in [3.05, 3.63) is 12.2 Å². The van der Waals surface area contributed by atoms with Crippen LogP contribution >= 0.6 is 7.82 Å². The summed E-state index contributed by atoms with van der Waals surface area (Å²) in [5.41, 5.74) is -0.757. The van der Waals surface area contributed by atoms with Gasteiger partial charge < -0.3 is 14.5 Å². The molecule has 6 nitrogen and oxygen atoms in total. The third-order valence-corrected chi connectivity index (χ3v) is 3.59. The molecule has 0 atom stereocenters. The fourth-order valence-corrected chi connectivity index (χ4v) is 2.29. The normalized spacial score (nSPS) is 12.2. The summed E-state index contributed by atoms with van der Waals surface area (Å²) in [7, 11) is -4.61. The summed E-state index contributed by atoms with van der Waals surface area (Å²) in [6.45, 7) is 8.76. The summed E-state index contributed by atoms with van der Waals surface area (Å²) in [5.74, 6) is -0.559. The van der Waals surface area contributed by atoms with Crippen molar-refractivity contribution in [3.8, 4) is 0 Å². The van der Waals surface area contributed by atoms with Crippen molar-refractivity contribution in [2.24, 2.45) is 0 Å². The van der Waals surface area contributed by atoms with Crippen molar-refractivity contribution < 1.29 is 28.4 Å². The molecule has 0 saturated heterocycles. The molecule has 0 spiro atoms. The Bertz CT molecular complexity index is 379. The van der Waals surface area contributed by atoms with Gasteiger partial charge >= 0.3 is 13.8 Å². The molecule has 0 aromatic carbocycles. The van der Waals surface area contributed by atoms with Crippen LogP contribution in [0.1, 0.15) is 59.3 Å². The molecule has 0 rings (SSSR count). The lowest BCUT2D eigenvalue weighted by Gasteiger charge is -2.33. The molecular formula is C14H27O6P. The summed E-state index contributed by atoms with van der Waals surface area (Å²) in [5, 5.41) is 0. The van der Waals surface area contributed by atoms with Gasteiger partial charge in [-0.15, -0.1) is 0 Å². The van der Waals surface area contributed by atoms with Gasteiger partial charge in [-0.3, -0.25) is 4.52 Å². The number of rotatable bonds is 11. The van der Waals surface area contributed by atoms with E-state index >= 15 is 0 Å². The van der Waals surface area contributed by atoms with Crippen LogP contribution in [0.5, 0.6) is 0 Å². The predicted octanol–water partition coefficient (Wildman–Crippen LogP) is 3.33. The minimum absolute atomic E-state index is 0.253. The molecule has 0 aliphatic carbocycles. The van der Waals surface area contributed by atoms with E-state index in [1.165, 1.54) is 6.92 Å². The van der Waals surface area contributed by atoms with E-state index in [0.717, 1.165) is 25.7 Å². The molecule has 0 unspecified atom stereocenters. The fraction of sp³-hybridized carbons (Fsp3) is 0.786.